The van der Waals surface area contributed by atoms with Crippen LogP contribution in [0.5, 0.6) is 0 Å². The molecule has 2 fully saturated rings. The number of rotatable bonds is 6. The average molecular weight is 430 g/mol. The first kappa shape index (κ1) is 23.2. The summed E-state index contributed by atoms with van der Waals surface area (Å²) in [7, 11) is 0. The van der Waals surface area contributed by atoms with Crippen molar-refractivity contribution in [2.75, 3.05) is 52.4 Å². The largest absolute Gasteiger partial charge is 0.342 e. The molecule has 2 N–H and O–H groups in total. The third kappa shape index (κ3) is 6.77. The molecule has 0 saturated carbocycles. The van der Waals surface area contributed by atoms with Crippen molar-refractivity contribution in [2.24, 2.45) is 0 Å². The van der Waals surface area contributed by atoms with E-state index in [0.29, 0.717) is 26.2 Å². The highest BCUT2D eigenvalue weighted by molar-refractivity contribution is 5.97. The Balaban J connectivity index is 1.59. The summed E-state index contributed by atoms with van der Waals surface area (Å²) in [5, 5.41) is 5.07. The van der Waals surface area contributed by atoms with Gasteiger partial charge in [-0.2, -0.15) is 0 Å². The number of benzene rings is 1. The number of nitrogens with zero attached hydrogens (tertiary/aromatic N) is 3. The van der Waals surface area contributed by atoms with Gasteiger partial charge in [-0.15, -0.1) is 0 Å². The molecule has 2 saturated heterocycles. The second-order valence-corrected chi connectivity index (χ2v) is 8.27. The minimum atomic E-state index is -0.535. The zero-order valence-electron chi connectivity index (χ0n) is 18.5. The van der Waals surface area contributed by atoms with E-state index in [4.69, 9.17) is 0 Å². The van der Waals surface area contributed by atoms with Gasteiger partial charge in [0.25, 0.3) is 0 Å². The number of hydrogen-bond donors (Lipinski definition) is 2. The highest BCUT2D eigenvalue weighted by Gasteiger charge is 2.32. The van der Waals surface area contributed by atoms with E-state index in [9.17, 15) is 14.4 Å². The molecular formula is C23H35N5O3. The van der Waals surface area contributed by atoms with Crippen LogP contribution in [0.25, 0.3) is 0 Å². The van der Waals surface area contributed by atoms with Crippen molar-refractivity contribution < 1.29 is 14.4 Å². The number of amides is 4. The number of urea groups is 1. The molecular weight excluding hydrogens is 394 g/mol. The van der Waals surface area contributed by atoms with Crippen LogP contribution < -0.4 is 10.6 Å². The number of piperazine rings is 1. The van der Waals surface area contributed by atoms with E-state index in [1.165, 1.54) is 12.8 Å². The van der Waals surface area contributed by atoms with E-state index in [1.807, 2.05) is 42.2 Å². The molecule has 2 aliphatic rings. The van der Waals surface area contributed by atoms with Gasteiger partial charge in [-0.25, -0.2) is 4.79 Å². The predicted octanol–water partition coefficient (Wildman–Crippen LogP) is 1.59. The van der Waals surface area contributed by atoms with Crippen LogP contribution in [-0.4, -0.2) is 84.9 Å². The summed E-state index contributed by atoms with van der Waals surface area (Å²) in [6.07, 6.45) is 4.61. The topological polar surface area (TPSA) is 85.0 Å². The van der Waals surface area contributed by atoms with Crippen LogP contribution >= 0.6 is 0 Å². The minimum Gasteiger partial charge on any atom is -0.342 e. The van der Waals surface area contributed by atoms with Crippen molar-refractivity contribution in [1.82, 2.24) is 25.3 Å². The average Bonchev–Trinajstić information content (AvgIpc) is 3.06. The second kappa shape index (κ2) is 11.8. The van der Waals surface area contributed by atoms with E-state index in [0.717, 1.165) is 44.6 Å². The maximum Gasteiger partial charge on any atom is 0.321 e. The lowest BCUT2D eigenvalue weighted by Gasteiger charge is -2.39. The zero-order chi connectivity index (χ0) is 22.1. The highest BCUT2D eigenvalue weighted by atomic mass is 16.2. The minimum absolute atomic E-state index is 0.212. The molecule has 0 bridgehead atoms. The molecule has 3 rings (SSSR count). The molecule has 0 aromatic heterocycles. The summed E-state index contributed by atoms with van der Waals surface area (Å²) in [4.78, 5) is 43.8. The number of carbonyl (C=O) groups excluding carboxylic acids is 3. The standard InChI is InChI=1S/C23H35N5O3/c1-2-24-23(31)25-22(30)21(19-10-6-5-7-11-19)28-16-14-26(15-17-28)18-20(29)27-12-8-3-4-9-13-27/h5-7,10-11,21H,2-4,8-9,12-18H2,1H3,(H2,24,25,30,31). The van der Waals surface area contributed by atoms with E-state index >= 15 is 0 Å². The number of imide groups is 1. The van der Waals surface area contributed by atoms with Gasteiger partial charge in [0.1, 0.15) is 6.04 Å². The maximum atomic E-state index is 12.9. The molecule has 31 heavy (non-hydrogen) atoms. The Morgan fingerprint density at radius 2 is 1.55 bits per heavy atom. The molecule has 0 aliphatic carbocycles. The van der Waals surface area contributed by atoms with Crippen LogP contribution in [0.15, 0.2) is 30.3 Å². The number of carbonyl (C=O) groups is 3. The summed E-state index contributed by atoms with van der Waals surface area (Å²) in [6, 6.07) is 8.53. The lowest BCUT2D eigenvalue weighted by atomic mass is 10.0. The van der Waals surface area contributed by atoms with Gasteiger partial charge in [0.05, 0.1) is 6.54 Å². The quantitative estimate of drug-likeness (QED) is 0.718. The molecule has 0 spiro atoms. The Kier molecular flexibility index (Phi) is 8.85. The van der Waals surface area contributed by atoms with Gasteiger partial charge in [0, 0.05) is 45.8 Å². The Bertz CT molecular complexity index is 726. The first-order chi connectivity index (χ1) is 15.1. The molecule has 2 heterocycles. The monoisotopic (exact) mass is 429 g/mol. The zero-order valence-corrected chi connectivity index (χ0v) is 18.5. The van der Waals surface area contributed by atoms with Crippen molar-refractivity contribution in [2.45, 2.75) is 38.6 Å². The van der Waals surface area contributed by atoms with Gasteiger partial charge in [-0.1, -0.05) is 43.2 Å². The lowest BCUT2D eigenvalue weighted by molar-refractivity contribution is -0.134. The third-order valence-corrected chi connectivity index (χ3v) is 6.03. The first-order valence-electron chi connectivity index (χ1n) is 11.5. The Morgan fingerprint density at radius 1 is 0.903 bits per heavy atom. The first-order valence-corrected chi connectivity index (χ1v) is 11.5. The normalized spacial score (nSPS) is 19.3. The van der Waals surface area contributed by atoms with E-state index in [1.54, 1.807) is 0 Å². The van der Waals surface area contributed by atoms with Crippen LogP contribution in [0.2, 0.25) is 0 Å². The summed E-state index contributed by atoms with van der Waals surface area (Å²) in [5.74, 6) is -0.116. The summed E-state index contributed by atoms with van der Waals surface area (Å²) < 4.78 is 0. The van der Waals surface area contributed by atoms with Gasteiger partial charge in [0.15, 0.2) is 0 Å². The Morgan fingerprint density at radius 3 is 2.16 bits per heavy atom. The van der Waals surface area contributed by atoms with Gasteiger partial charge in [0.2, 0.25) is 11.8 Å². The summed E-state index contributed by atoms with van der Waals surface area (Å²) >= 11 is 0. The molecule has 1 atom stereocenters. The second-order valence-electron chi connectivity index (χ2n) is 8.27. The van der Waals surface area contributed by atoms with Gasteiger partial charge in [-0.3, -0.25) is 24.7 Å². The van der Waals surface area contributed by atoms with Gasteiger partial charge < -0.3 is 10.2 Å². The van der Waals surface area contributed by atoms with Crippen molar-refractivity contribution in [3.63, 3.8) is 0 Å². The molecule has 170 valence electrons. The molecule has 8 heteroatoms. The number of nitrogens with one attached hydrogen (secondary N) is 2. The Hall–Kier alpha value is -2.45. The van der Waals surface area contributed by atoms with Crippen LogP contribution in [-0.2, 0) is 9.59 Å². The maximum absolute atomic E-state index is 12.9. The fraction of sp³-hybridized carbons (Fsp3) is 0.609. The molecule has 0 radical (unpaired) electrons. The van der Waals surface area contributed by atoms with Crippen molar-refractivity contribution >= 4 is 17.8 Å². The summed E-state index contributed by atoms with van der Waals surface area (Å²) in [6.45, 7) is 7.21. The van der Waals surface area contributed by atoms with Crippen LogP contribution in [0.3, 0.4) is 0 Å². The predicted molar refractivity (Wildman–Crippen MR) is 119 cm³/mol. The van der Waals surface area contributed by atoms with Crippen LogP contribution in [0.1, 0.15) is 44.2 Å². The molecule has 4 amide bonds. The van der Waals surface area contributed by atoms with Crippen molar-refractivity contribution in [3.8, 4) is 0 Å². The fourth-order valence-electron chi connectivity index (χ4n) is 4.34. The third-order valence-electron chi connectivity index (χ3n) is 6.03. The molecule has 2 aliphatic heterocycles. The smallest absolute Gasteiger partial charge is 0.321 e. The number of likely N-dealkylation sites (tertiary alicyclic amines) is 1. The lowest BCUT2D eigenvalue weighted by Crippen LogP contribution is -2.54. The van der Waals surface area contributed by atoms with Gasteiger partial charge >= 0.3 is 6.03 Å². The highest BCUT2D eigenvalue weighted by Crippen LogP contribution is 2.23. The SMILES string of the molecule is CCNC(=O)NC(=O)C(c1ccccc1)N1CCN(CC(=O)N2CCCCCC2)CC1. The van der Waals surface area contributed by atoms with E-state index in [-0.39, 0.29) is 11.8 Å². The fourth-order valence-corrected chi connectivity index (χ4v) is 4.34. The molecule has 8 nitrogen and oxygen atoms in total. The van der Waals surface area contributed by atoms with E-state index in [2.05, 4.69) is 20.4 Å². The molecule has 1 unspecified atom stereocenters. The van der Waals surface area contributed by atoms with Crippen molar-refractivity contribution in [1.29, 1.82) is 0 Å². The van der Waals surface area contributed by atoms with E-state index < -0.39 is 12.1 Å². The van der Waals surface area contributed by atoms with Crippen LogP contribution in [0.4, 0.5) is 4.79 Å². The number of hydrogen-bond acceptors (Lipinski definition) is 5. The summed E-state index contributed by atoms with van der Waals surface area (Å²) in [5.41, 5.74) is 0.860. The molecule has 1 aromatic carbocycles. The van der Waals surface area contributed by atoms with Crippen LogP contribution in [0, 0.1) is 0 Å². The van der Waals surface area contributed by atoms with Crippen molar-refractivity contribution in [3.05, 3.63) is 35.9 Å². The molecule has 1 aromatic rings. The van der Waals surface area contributed by atoms with Gasteiger partial charge in [-0.05, 0) is 25.3 Å². The Labute approximate surface area is 184 Å².